The summed E-state index contributed by atoms with van der Waals surface area (Å²) in [5.41, 5.74) is 1.10. The lowest BCUT2D eigenvalue weighted by Crippen LogP contribution is -2.40. The topological polar surface area (TPSA) is 59.0 Å². The quantitative estimate of drug-likeness (QED) is 0.812. The Morgan fingerprint density at radius 1 is 1.45 bits per heavy atom. The molecule has 2 rings (SSSR count). The smallest absolute Gasteiger partial charge is 0.329 e. The molecule has 0 aromatic heterocycles. The lowest BCUT2D eigenvalue weighted by molar-refractivity contribution is -0.142. The molecule has 1 aromatic carbocycles. The highest BCUT2D eigenvalue weighted by atomic mass is 35.5. The van der Waals surface area contributed by atoms with Crippen molar-refractivity contribution >= 4 is 17.6 Å². The van der Waals surface area contributed by atoms with Gasteiger partial charge in [-0.25, -0.2) is 4.79 Å². The predicted molar refractivity (Wildman–Crippen MR) is 75.0 cm³/mol. The number of carboxylic acid groups (broad SMARTS) is 1. The van der Waals surface area contributed by atoms with Gasteiger partial charge in [-0.15, -0.1) is 0 Å². The molecule has 5 nitrogen and oxygen atoms in total. The normalized spacial score (nSPS) is 19.9. The molecule has 1 N–H and O–H groups in total. The standard InChI is InChI=1S/C14H18ClNO4/c15-12-3-1-11(2-4-12)13-9-16(6-8-20-13)5-7-19-10-14(17)18/h1-4,13H,5-10H2,(H,17,18)/t13-/m1/s1. The summed E-state index contributed by atoms with van der Waals surface area (Å²) in [6, 6.07) is 7.65. The number of halogens is 1. The lowest BCUT2D eigenvalue weighted by atomic mass is 10.1. The number of rotatable bonds is 6. The van der Waals surface area contributed by atoms with Gasteiger partial charge in [0.25, 0.3) is 0 Å². The summed E-state index contributed by atoms with van der Waals surface area (Å²) in [7, 11) is 0. The number of benzene rings is 1. The molecule has 1 aromatic rings. The van der Waals surface area contributed by atoms with Crippen molar-refractivity contribution in [3.05, 3.63) is 34.9 Å². The SMILES string of the molecule is O=C(O)COCCN1CCO[C@@H](c2ccc(Cl)cc2)C1. The lowest BCUT2D eigenvalue weighted by Gasteiger charge is -2.33. The van der Waals surface area contributed by atoms with Crippen molar-refractivity contribution in [2.24, 2.45) is 0 Å². The van der Waals surface area contributed by atoms with Gasteiger partial charge in [-0.2, -0.15) is 0 Å². The van der Waals surface area contributed by atoms with Crippen molar-refractivity contribution in [1.82, 2.24) is 4.90 Å². The number of carbonyl (C=O) groups is 1. The molecule has 0 bridgehead atoms. The van der Waals surface area contributed by atoms with E-state index in [2.05, 4.69) is 4.90 Å². The van der Waals surface area contributed by atoms with Crippen molar-refractivity contribution in [1.29, 1.82) is 0 Å². The van der Waals surface area contributed by atoms with Crippen LogP contribution in [0.25, 0.3) is 0 Å². The summed E-state index contributed by atoms with van der Waals surface area (Å²) in [5, 5.41) is 9.21. The van der Waals surface area contributed by atoms with Gasteiger partial charge < -0.3 is 14.6 Å². The van der Waals surface area contributed by atoms with E-state index in [1.54, 1.807) is 0 Å². The number of carboxylic acids is 1. The molecule has 1 aliphatic heterocycles. The van der Waals surface area contributed by atoms with Crippen molar-refractivity contribution in [2.45, 2.75) is 6.10 Å². The molecule has 0 spiro atoms. The minimum absolute atomic E-state index is 0.0282. The van der Waals surface area contributed by atoms with Crippen LogP contribution in [0.3, 0.4) is 0 Å². The third kappa shape index (κ3) is 4.76. The van der Waals surface area contributed by atoms with Gasteiger partial charge in [-0.05, 0) is 17.7 Å². The van der Waals surface area contributed by atoms with Gasteiger partial charge >= 0.3 is 5.97 Å². The first-order valence-corrected chi connectivity index (χ1v) is 6.92. The molecule has 1 heterocycles. The van der Waals surface area contributed by atoms with Crippen LogP contribution in [0.1, 0.15) is 11.7 Å². The number of hydrogen-bond acceptors (Lipinski definition) is 4. The zero-order valence-corrected chi connectivity index (χ0v) is 11.9. The molecule has 20 heavy (non-hydrogen) atoms. The van der Waals surface area contributed by atoms with Gasteiger partial charge in [-0.1, -0.05) is 23.7 Å². The molecule has 110 valence electrons. The third-order valence-electron chi connectivity index (χ3n) is 3.17. The van der Waals surface area contributed by atoms with Gasteiger partial charge in [0.1, 0.15) is 6.61 Å². The van der Waals surface area contributed by atoms with E-state index in [0.717, 1.165) is 18.7 Å². The minimum Gasteiger partial charge on any atom is -0.480 e. The maximum atomic E-state index is 10.3. The first-order chi connectivity index (χ1) is 9.65. The minimum atomic E-state index is -0.939. The van der Waals surface area contributed by atoms with E-state index in [1.807, 2.05) is 24.3 Å². The molecule has 1 saturated heterocycles. The van der Waals surface area contributed by atoms with Crippen molar-refractivity contribution in [3.8, 4) is 0 Å². The first-order valence-electron chi connectivity index (χ1n) is 6.54. The molecule has 0 aliphatic carbocycles. The molecule has 1 fully saturated rings. The second-order valence-electron chi connectivity index (χ2n) is 4.66. The highest BCUT2D eigenvalue weighted by Crippen LogP contribution is 2.23. The molecule has 0 saturated carbocycles. The van der Waals surface area contributed by atoms with E-state index in [9.17, 15) is 4.79 Å². The Kier molecular flexibility index (Phi) is 5.79. The average Bonchev–Trinajstić information content (AvgIpc) is 2.44. The maximum Gasteiger partial charge on any atom is 0.329 e. The largest absolute Gasteiger partial charge is 0.480 e. The monoisotopic (exact) mass is 299 g/mol. The van der Waals surface area contributed by atoms with Gasteiger partial charge in [0.2, 0.25) is 0 Å². The number of nitrogens with zero attached hydrogens (tertiary/aromatic N) is 1. The Hall–Kier alpha value is -1.14. The summed E-state index contributed by atoms with van der Waals surface area (Å²) in [6.45, 7) is 3.15. The van der Waals surface area contributed by atoms with Crippen LogP contribution in [-0.2, 0) is 14.3 Å². The summed E-state index contributed by atoms with van der Waals surface area (Å²) in [4.78, 5) is 12.6. The molecule has 1 aliphatic rings. The second-order valence-corrected chi connectivity index (χ2v) is 5.09. The Morgan fingerprint density at radius 3 is 2.90 bits per heavy atom. The van der Waals surface area contributed by atoms with E-state index in [-0.39, 0.29) is 12.7 Å². The fourth-order valence-corrected chi connectivity index (χ4v) is 2.26. The predicted octanol–water partition coefficient (Wildman–Crippen LogP) is 1.81. The Labute approximate surface area is 123 Å². The van der Waals surface area contributed by atoms with E-state index < -0.39 is 5.97 Å². The van der Waals surface area contributed by atoms with E-state index >= 15 is 0 Å². The fourth-order valence-electron chi connectivity index (χ4n) is 2.14. The molecular weight excluding hydrogens is 282 g/mol. The number of hydrogen-bond donors (Lipinski definition) is 1. The molecule has 0 radical (unpaired) electrons. The van der Waals surface area contributed by atoms with Crippen LogP contribution >= 0.6 is 11.6 Å². The van der Waals surface area contributed by atoms with Crippen LogP contribution in [0, 0.1) is 0 Å². The van der Waals surface area contributed by atoms with Gasteiger partial charge in [0.05, 0.1) is 19.3 Å². The molecule has 6 heteroatoms. The van der Waals surface area contributed by atoms with Crippen LogP contribution < -0.4 is 0 Å². The summed E-state index contributed by atoms with van der Waals surface area (Å²) in [5.74, 6) is -0.939. The maximum absolute atomic E-state index is 10.3. The first kappa shape index (κ1) is 15.3. The summed E-state index contributed by atoms with van der Waals surface area (Å²) < 4.78 is 10.8. The van der Waals surface area contributed by atoms with Crippen molar-refractivity contribution in [3.63, 3.8) is 0 Å². The Morgan fingerprint density at radius 2 is 2.20 bits per heavy atom. The highest BCUT2D eigenvalue weighted by molar-refractivity contribution is 6.30. The third-order valence-corrected chi connectivity index (χ3v) is 3.42. The fraction of sp³-hybridized carbons (Fsp3) is 0.500. The zero-order valence-electron chi connectivity index (χ0n) is 11.1. The average molecular weight is 300 g/mol. The van der Waals surface area contributed by atoms with Crippen LogP contribution in [-0.4, -0.2) is 55.4 Å². The zero-order chi connectivity index (χ0) is 14.4. The highest BCUT2D eigenvalue weighted by Gasteiger charge is 2.21. The molecule has 0 amide bonds. The molecule has 1 atom stereocenters. The van der Waals surface area contributed by atoms with E-state index in [1.165, 1.54) is 0 Å². The van der Waals surface area contributed by atoms with Crippen LogP contribution in [0.5, 0.6) is 0 Å². The molecular formula is C14H18ClNO4. The van der Waals surface area contributed by atoms with Gasteiger partial charge in [0, 0.05) is 24.7 Å². The summed E-state index contributed by atoms with van der Waals surface area (Å²) in [6.07, 6.45) is 0.0282. The Balaban J connectivity index is 1.79. The number of ether oxygens (including phenoxy) is 2. The van der Waals surface area contributed by atoms with Gasteiger partial charge in [-0.3, -0.25) is 4.90 Å². The van der Waals surface area contributed by atoms with Crippen LogP contribution in [0.4, 0.5) is 0 Å². The van der Waals surface area contributed by atoms with E-state index in [4.69, 9.17) is 26.2 Å². The van der Waals surface area contributed by atoms with Gasteiger partial charge in [0.15, 0.2) is 0 Å². The second kappa shape index (κ2) is 7.59. The molecule has 0 unspecified atom stereocenters. The summed E-state index contributed by atoms with van der Waals surface area (Å²) >= 11 is 5.87. The van der Waals surface area contributed by atoms with Crippen LogP contribution in [0.15, 0.2) is 24.3 Å². The van der Waals surface area contributed by atoms with Crippen molar-refractivity contribution in [2.75, 3.05) is 39.5 Å². The number of morpholine rings is 1. The number of aliphatic carboxylic acids is 1. The Bertz CT molecular complexity index is 437. The van der Waals surface area contributed by atoms with Crippen LogP contribution in [0.2, 0.25) is 5.02 Å². The van der Waals surface area contributed by atoms with E-state index in [0.29, 0.717) is 24.8 Å². The van der Waals surface area contributed by atoms with Crippen molar-refractivity contribution < 1.29 is 19.4 Å².